The molecule has 1 saturated carbocycles. The van der Waals surface area contributed by atoms with Crippen molar-refractivity contribution in [2.24, 2.45) is 0 Å². The van der Waals surface area contributed by atoms with Crippen molar-refractivity contribution < 1.29 is 4.42 Å². The minimum atomic E-state index is -0.327. The van der Waals surface area contributed by atoms with Gasteiger partial charge in [-0.25, -0.2) is 14.6 Å². The summed E-state index contributed by atoms with van der Waals surface area (Å²) in [7, 11) is 0. The highest BCUT2D eigenvalue weighted by molar-refractivity contribution is 6.33. The number of rotatable bonds is 7. The molecule has 0 spiro atoms. The maximum absolute atomic E-state index is 6.68. The SMILES string of the molecule is Clc1ccc(-n2c(-c3ccccc3Cl)nc(-c3nnc(C4(c5ccc(Cl)cc5)CC4)o3)c2Cn2cncn2)cc1. The molecule has 1 aliphatic rings. The second-order valence-electron chi connectivity index (χ2n) is 9.62. The number of aromatic nitrogens is 7. The molecule has 0 amide bonds. The fraction of sp³-hybridized carbons (Fsp3) is 0.138. The van der Waals surface area contributed by atoms with Crippen LogP contribution in [0.25, 0.3) is 28.7 Å². The molecule has 0 unspecified atom stereocenters. The second-order valence-corrected chi connectivity index (χ2v) is 10.9. The molecule has 1 aliphatic carbocycles. The first-order chi connectivity index (χ1) is 19.5. The zero-order valence-electron chi connectivity index (χ0n) is 20.9. The summed E-state index contributed by atoms with van der Waals surface area (Å²) < 4.78 is 10.1. The zero-order valence-corrected chi connectivity index (χ0v) is 23.1. The third-order valence-corrected chi connectivity index (χ3v) is 7.97. The van der Waals surface area contributed by atoms with E-state index in [0.717, 1.165) is 35.3 Å². The summed E-state index contributed by atoms with van der Waals surface area (Å²) in [6.45, 7) is 0.343. The van der Waals surface area contributed by atoms with E-state index in [1.165, 1.54) is 6.33 Å². The minimum absolute atomic E-state index is 0.311. The van der Waals surface area contributed by atoms with Gasteiger partial charge >= 0.3 is 0 Å². The Labute approximate surface area is 244 Å². The first-order valence-corrected chi connectivity index (χ1v) is 13.7. The van der Waals surface area contributed by atoms with E-state index >= 15 is 0 Å². The number of halogens is 3. The molecule has 0 N–H and O–H groups in total. The van der Waals surface area contributed by atoms with Crippen molar-refractivity contribution in [2.45, 2.75) is 24.8 Å². The maximum atomic E-state index is 6.68. The highest BCUT2D eigenvalue weighted by Crippen LogP contribution is 2.53. The van der Waals surface area contributed by atoms with Crippen LogP contribution in [0, 0.1) is 0 Å². The van der Waals surface area contributed by atoms with Gasteiger partial charge in [0.2, 0.25) is 5.89 Å². The summed E-state index contributed by atoms with van der Waals surface area (Å²) in [4.78, 5) is 9.18. The van der Waals surface area contributed by atoms with Gasteiger partial charge in [-0.1, -0.05) is 59.1 Å². The minimum Gasteiger partial charge on any atom is -0.418 e. The van der Waals surface area contributed by atoms with Crippen molar-refractivity contribution in [1.29, 1.82) is 0 Å². The Hall–Kier alpha value is -3.98. The number of hydrogen-bond donors (Lipinski definition) is 0. The number of nitrogens with zero attached hydrogens (tertiary/aromatic N) is 7. The van der Waals surface area contributed by atoms with Crippen LogP contribution in [0.5, 0.6) is 0 Å². The molecule has 40 heavy (non-hydrogen) atoms. The topological polar surface area (TPSA) is 87.5 Å². The molecule has 0 radical (unpaired) electrons. The van der Waals surface area contributed by atoms with Crippen molar-refractivity contribution in [2.75, 3.05) is 0 Å². The average molecular weight is 589 g/mol. The smallest absolute Gasteiger partial charge is 0.268 e. The van der Waals surface area contributed by atoms with Crippen LogP contribution in [0.4, 0.5) is 0 Å². The Morgan fingerprint density at radius 2 is 1.57 bits per heavy atom. The van der Waals surface area contributed by atoms with Crippen LogP contribution in [0.15, 0.2) is 89.9 Å². The highest BCUT2D eigenvalue weighted by atomic mass is 35.5. The van der Waals surface area contributed by atoms with Crippen LogP contribution in [-0.4, -0.2) is 34.5 Å². The van der Waals surface area contributed by atoms with Crippen molar-refractivity contribution in [3.63, 3.8) is 0 Å². The van der Waals surface area contributed by atoms with Gasteiger partial charge in [0.1, 0.15) is 18.5 Å². The molecule has 1 fully saturated rings. The normalized spacial score (nSPS) is 14.0. The summed E-state index contributed by atoms with van der Waals surface area (Å²) in [5.74, 6) is 1.49. The Morgan fingerprint density at radius 1 is 0.850 bits per heavy atom. The van der Waals surface area contributed by atoms with E-state index in [-0.39, 0.29) is 5.41 Å². The second kappa shape index (κ2) is 9.89. The maximum Gasteiger partial charge on any atom is 0.268 e. The van der Waals surface area contributed by atoms with Crippen LogP contribution < -0.4 is 0 Å². The fourth-order valence-corrected chi connectivity index (χ4v) is 5.43. The van der Waals surface area contributed by atoms with Crippen LogP contribution in [-0.2, 0) is 12.0 Å². The Balaban J connectivity index is 1.42. The van der Waals surface area contributed by atoms with Gasteiger partial charge in [-0.05, 0) is 66.9 Å². The molecule has 3 aromatic carbocycles. The molecular formula is C29H20Cl3N7O. The molecule has 3 aromatic heterocycles. The molecule has 7 rings (SSSR count). The van der Waals surface area contributed by atoms with Gasteiger partial charge in [-0.3, -0.25) is 4.57 Å². The summed E-state index contributed by atoms with van der Waals surface area (Å²) in [6.07, 6.45) is 4.96. The van der Waals surface area contributed by atoms with Crippen LogP contribution in [0.3, 0.4) is 0 Å². The van der Waals surface area contributed by atoms with E-state index in [1.54, 1.807) is 11.0 Å². The largest absolute Gasteiger partial charge is 0.418 e. The molecule has 0 atom stereocenters. The predicted octanol–water partition coefficient (Wildman–Crippen LogP) is 7.27. The number of hydrogen-bond acceptors (Lipinski definition) is 6. The number of benzene rings is 3. The van der Waals surface area contributed by atoms with Gasteiger partial charge in [0.25, 0.3) is 5.89 Å². The third-order valence-electron chi connectivity index (χ3n) is 7.13. The van der Waals surface area contributed by atoms with E-state index in [4.69, 9.17) is 44.2 Å². The zero-order chi connectivity index (χ0) is 27.3. The molecule has 0 aliphatic heterocycles. The molecule has 3 heterocycles. The first-order valence-electron chi connectivity index (χ1n) is 12.6. The Kier molecular flexibility index (Phi) is 6.19. The molecule has 0 saturated heterocycles. The van der Waals surface area contributed by atoms with Gasteiger partial charge in [0.05, 0.1) is 22.7 Å². The van der Waals surface area contributed by atoms with Crippen LogP contribution >= 0.6 is 34.8 Å². The lowest BCUT2D eigenvalue weighted by molar-refractivity contribution is 0.470. The molecule has 0 bridgehead atoms. The predicted molar refractivity (Wildman–Crippen MR) is 153 cm³/mol. The van der Waals surface area contributed by atoms with E-state index in [2.05, 4.69) is 20.3 Å². The van der Waals surface area contributed by atoms with Gasteiger partial charge in [0, 0.05) is 21.3 Å². The standard InChI is InChI=1S/C29H20Cl3N7O/c30-19-7-5-18(6-8-19)29(13-14-29)28-37-36-27(40-28)25-24(15-38-17-33-16-34-38)39(21-11-9-20(31)10-12-21)26(35-25)22-3-1-2-4-23(22)32/h1-12,16-17H,13-15H2. The van der Waals surface area contributed by atoms with E-state index in [0.29, 0.717) is 44.9 Å². The lowest BCUT2D eigenvalue weighted by Crippen LogP contribution is -2.09. The summed E-state index contributed by atoms with van der Waals surface area (Å²) in [6, 6.07) is 22.9. The Bertz CT molecular complexity index is 1810. The highest BCUT2D eigenvalue weighted by Gasteiger charge is 2.51. The quantitative estimate of drug-likeness (QED) is 0.195. The molecule has 8 nitrogen and oxygen atoms in total. The van der Waals surface area contributed by atoms with Crippen molar-refractivity contribution >= 4 is 34.8 Å². The fourth-order valence-electron chi connectivity index (χ4n) is 4.96. The van der Waals surface area contributed by atoms with E-state index in [9.17, 15) is 0 Å². The van der Waals surface area contributed by atoms with Crippen molar-refractivity contribution in [1.82, 2.24) is 34.5 Å². The van der Waals surface area contributed by atoms with Crippen LogP contribution in [0.2, 0.25) is 15.1 Å². The molecular weight excluding hydrogens is 569 g/mol. The first kappa shape index (κ1) is 25.0. The lowest BCUT2D eigenvalue weighted by Gasteiger charge is -2.14. The van der Waals surface area contributed by atoms with Crippen LogP contribution in [0.1, 0.15) is 30.0 Å². The lowest BCUT2D eigenvalue weighted by atomic mass is 9.96. The van der Waals surface area contributed by atoms with Gasteiger partial charge in [-0.15, -0.1) is 10.2 Å². The van der Waals surface area contributed by atoms with Gasteiger partial charge < -0.3 is 4.42 Å². The molecule has 6 aromatic rings. The van der Waals surface area contributed by atoms with E-state index in [1.807, 2.05) is 77.4 Å². The van der Waals surface area contributed by atoms with E-state index < -0.39 is 0 Å². The average Bonchev–Trinajstić information content (AvgIpc) is 3.29. The summed E-state index contributed by atoms with van der Waals surface area (Å²) >= 11 is 19.1. The molecule has 11 heteroatoms. The summed E-state index contributed by atoms with van der Waals surface area (Å²) in [5.41, 5.74) is 3.67. The molecule has 198 valence electrons. The van der Waals surface area contributed by atoms with Gasteiger partial charge in [0.15, 0.2) is 5.69 Å². The van der Waals surface area contributed by atoms with Crippen molar-refractivity contribution in [3.05, 3.63) is 118 Å². The van der Waals surface area contributed by atoms with Gasteiger partial charge in [-0.2, -0.15) is 5.10 Å². The Morgan fingerprint density at radius 3 is 2.25 bits per heavy atom. The third kappa shape index (κ3) is 4.38. The summed E-state index contributed by atoms with van der Waals surface area (Å²) in [5, 5.41) is 15.2. The van der Waals surface area contributed by atoms with Crippen molar-refractivity contribution in [3.8, 4) is 28.7 Å². The monoisotopic (exact) mass is 587 g/mol. The number of imidazole rings is 1.